The van der Waals surface area contributed by atoms with E-state index in [2.05, 4.69) is 12.1 Å². The molecule has 0 saturated carbocycles. The summed E-state index contributed by atoms with van der Waals surface area (Å²) in [5.41, 5.74) is 7.06. The lowest BCUT2D eigenvalue weighted by Gasteiger charge is -2.23. The van der Waals surface area contributed by atoms with Gasteiger partial charge in [-0.05, 0) is 19.4 Å². The molecule has 1 heterocycles. The summed E-state index contributed by atoms with van der Waals surface area (Å²) in [5.74, 6) is -0.268. The van der Waals surface area contributed by atoms with Crippen molar-refractivity contribution in [2.45, 2.75) is 31.7 Å². The van der Waals surface area contributed by atoms with E-state index in [0.717, 1.165) is 0 Å². The third kappa shape index (κ3) is 2.43. The molecule has 0 bridgehead atoms. The number of benzene rings is 1. The molecule has 0 aliphatic carbocycles. The fraction of sp³-hybridized carbons (Fsp3) is 0.538. The van der Waals surface area contributed by atoms with Gasteiger partial charge in [0.05, 0.1) is 12.7 Å². The first-order valence-electron chi connectivity index (χ1n) is 5.69. The molecule has 3 heteroatoms. The summed E-state index contributed by atoms with van der Waals surface area (Å²) in [6.45, 7) is 5.06. The summed E-state index contributed by atoms with van der Waals surface area (Å²) in [6.07, 6.45) is 0.0578. The fourth-order valence-corrected chi connectivity index (χ4v) is 2.12. The van der Waals surface area contributed by atoms with Crippen LogP contribution in [0.4, 0.5) is 0 Å². The Morgan fingerprint density at radius 3 is 2.56 bits per heavy atom. The Hall–Kier alpha value is -0.900. The van der Waals surface area contributed by atoms with Crippen LogP contribution in [0.1, 0.15) is 25.3 Å². The summed E-state index contributed by atoms with van der Waals surface area (Å²) < 4.78 is 11.4. The minimum atomic E-state index is -0.479. The van der Waals surface area contributed by atoms with Crippen molar-refractivity contribution in [1.82, 2.24) is 0 Å². The van der Waals surface area contributed by atoms with Crippen LogP contribution in [0.25, 0.3) is 0 Å². The van der Waals surface area contributed by atoms with Gasteiger partial charge < -0.3 is 15.2 Å². The molecule has 1 fully saturated rings. The van der Waals surface area contributed by atoms with Crippen LogP contribution in [0.2, 0.25) is 0 Å². The largest absolute Gasteiger partial charge is 0.348 e. The van der Waals surface area contributed by atoms with Gasteiger partial charge in [-0.1, -0.05) is 30.3 Å². The van der Waals surface area contributed by atoms with E-state index in [1.54, 1.807) is 0 Å². The summed E-state index contributed by atoms with van der Waals surface area (Å²) in [6, 6.07) is 10.2. The summed E-state index contributed by atoms with van der Waals surface area (Å²) >= 11 is 0. The van der Waals surface area contributed by atoms with Crippen molar-refractivity contribution in [3.63, 3.8) is 0 Å². The van der Waals surface area contributed by atoms with Gasteiger partial charge in [0, 0.05) is 12.5 Å². The van der Waals surface area contributed by atoms with E-state index >= 15 is 0 Å². The van der Waals surface area contributed by atoms with Gasteiger partial charge >= 0.3 is 0 Å². The molecule has 16 heavy (non-hydrogen) atoms. The monoisotopic (exact) mass is 221 g/mol. The highest BCUT2D eigenvalue weighted by molar-refractivity contribution is 5.21. The minimum absolute atomic E-state index is 0.0578. The zero-order chi connectivity index (χ0) is 11.6. The Bertz CT molecular complexity index is 337. The summed E-state index contributed by atoms with van der Waals surface area (Å²) in [5, 5.41) is 0. The SMILES string of the molecule is CC1(C)OC[C@H]([C@@H](CN)c2ccccc2)O1. The van der Waals surface area contributed by atoms with Crippen molar-refractivity contribution in [2.24, 2.45) is 5.73 Å². The summed E-state index contributed by atoms with van der Waals surface area (Å²) in [7, 11) is 0. The van der Waals surface area contributed by atoms with Crippen molar-refractivity contribution < 1.29 is 9.47 Å². The molecule has 1 aromatic rings. The molecule has 2 N–H and O–H groups in total. The lowest BCUT2D eigenvalue weighted by atomic mass is 9.94. The predicted octanol–water partition coefficient (Wildman–Crippen LogP) is 1.88. The van der Waals surface area contributed by atoms with E-state index in [4.69, 9.17) is 15.2 Å². The first kappa shape index (κ1) is 11.6. The van der Waals surface area contributed by atoms with Crippen LogP contribution in [0.5, 0.6) is 0 Å². The third-order valence-corrected chi connectivity index (χ3v) is 2.96. The molecule has 0 spiro atoms. The average Bonchev–Trinajstić information content (AvgIpc) is 2.62. The zero-order valence-electron chi connectivity index (χ0n) is 9.85. The van der Waals surface area contributed by atoms with Gasteiger partial charge in [0.2, 0.25) is 0 Å². The summed E-state index contributed by atoms with van der Waals surface area (Å²) in [4.78, 5) is 0. The average molecular weight is 221 g/mol. The molecule has 0 amide bonds. The zero-order valence-corrected chi connectivity index (χ0v) is 9.85. The van der Waals surface area contributed by atoms with Crippen molar-refractivity contribution >= 4 is 0 Å². The highest BCUT2D eigenvalue weighted by Gasteiger charge is 2.37. The molecule has 2 atom stereocenters. The Morgan fingerprint density at radius 1 is 1.38 bits per heavy atom. The molecule has 0 unspecified atom stereocenters. The predicted molar refractivity (Wildman–Crippen MR) is 63.1 cm³/mol. The third-order valence-electron chi connectivity index (χ3n) is 2.96. The van der Waals surface area contributed by atoms with Crippen LogP contribution in [-0.2, 0) is 9.47 Å². The van der Waals surface area contributed by atoms with Crippen LogP contribution in [0, 0.1) is 0 Å². The first-order chi connectivity index (χ1) is 7.62. The van der Waals surface area contributed by atoms with Gasteiger partial charge in [0.25, 0.3) is 0 Å². The Kier molecular flexibility index (Phi) is 3.28. The molecule has 1 aliphatic rings. The van der Waals surface area contributed by atoms with Crippen LogP contribution < -0.4 is 5.73 Å². The van der Waals surface area contributed by atoms with E-state index in [1.165, 1.54) is 5.56 Å². The lowest BCUT2D eigenvalue weighted by molar-refractivity contribution is -0.140. The van der Waals surface area contributed by atoms with Crippen molar-refractivity contribution in [1.29, 1.82) is 0 Å². The quantitative estimate of drug-likeness (QED) is 0.847. The molecule has 1 aromatic carbocycles. The van der Waals surface area contributed by atoms with E-state index in [-0.39, 0.29) is 12.0 Å². The van der Waals surface area contributed by atoms with Gasteiger partial charge in [-0.25, -0.2) is 0 Å². The molecule has 1 aliphatic heterocycles. The highest BCUT2D eigenvalue weighted by atomic mass is 16.7. The van der Waals surface area contributed by atoms with Crippen LogP contribution >= 0.6 is 0 Å². The normalized spacial score (nSPS) is 25.6. The van der Waals surface area contributed by atoms with Gasteiger partial charge in [-0.2, -0.15) is 0 Å². The van der Waals surface area contributed by atoms with E-state index in [1.807, 2.05) is 32.0 Å². The molecular formula is C13H19NO2. The molecule has 88 valence electrons. The molecule has 0 radical (unpaired) electrons. The Morgan fingerprint density at radius 2 is 2.06 bits per heavy atom. The smallest absolute Gasteiger partial charge is 0.163 e. The molecule has 3 nitrogen and oxygen atoms in total. The lowest BCUT2D eigenvalue weighted by Crippen LogP contribution is -2.30. The van der Waals surface area contributed by atoms with Gasteiger partial charge in [-0.15, -0.1) is 0 Å². The number of ether oxygens (including phenoxy) is 2. The van der Waals surface area contributed by atoms with Crippen molar-refractivity contribution in [2.75, 3.05) is 13.2 Å². The topological polar surface area (TPSA) is 44.5 Å². The van der Waals surface area contributed by atoms with Crippen molar-refractivity contribution in [3.05, 3.63) is 35.9 Å². The number of rotatable bonds is 3. The Balaban J connectivity index is 2.13. The maximum atomic E-state index is 5.85. The second-order valence-electron chi connectivity index (χ2n) is 4.62. The van der Waals surface area contributed by atoms with E-state index in [9.17, 15) is 0 Å². The maximum absolute atomic E-state index is 5.85. The highest BCUT2D eigenvalue weighted by Crippen LogP contribution is 2.31. The fourth-order valence-electron chi connectivity index (χ4n) is 2.12. The van der Waals surface area contributed by atoms with E-state index in [0.29, 0.717) is 13.2 Å². The Labute approximate surface area is 96.5 Å². The molecule has 0 aromatic heterocycles. The van der Waals surface area contributed by atoms with Crippen LogP contribution in [0.3, 0.4) is 0 Å². The molecular weight excluding hydrogens is 202 g/mol. The van der Waals surface area contributed by atoms with Gasteiger partial charge in [0.1, 0.15) is 0 Å². The number of hydrogen-bond acceptors (Lipinski definition) is 3. The van der Waals surface area contributed by atoms with Gasteiger partial charge in [0.15, 0.2) is 5.79 Å². The second-order valence-corrected chi connectivity index (χ2v) is 4.62. The molecule has 2 rings (SSSR count). The van der Waals surface area contributed by atoms with Crippen LogP contribution in [0.15, 0.2) is 30.3 Å². The van der Waals surface area contributed by atoms with Crippen molar-refractivity contribution in [3.8, 4) is 0 Å². The maximum Gasteiger partial charge on any atom is 0.163 e. The standard InChI is InChI=1S/C13H19NO2/c1-13(2)15-9-12(16-13)11(8-14)10-6-4-3-5-7-10/h3-7,11-12H,8-9,14H2,1-2H3/t11-,12+/m0/s1. The van der Waals surface area contributed by atoms with Gasteiger partial charge in [-0.3, -0.25) is 0 Å². The van der Waals surface area contributed by atoms with E-state index < -0.39 is 5.79 Å². The minimum Gasteiger partial charge on any atom is -0.348 e. The first-order valence-corrected chi connectivity index (χ1v) is 5.69. The second kappa shape index (κ2) is 4.53. The van der Waals surface area contributed by atoms with Crippen LogP contribution in [-0.4, -0.2) is 25.0 Å². The number of nitrogens with two attached hydrogens (primary N) is 1. The number of hydrogen-bond donors (Lipinski definition) is 1. The molecule has 1 saturated heterocycles.